The topological polar surface area (TPSA) is 154 Å². The van der Waals surface area contributed by atoms with Crippen molar-refractivity contribution in [3.63, 3.8) is 0 Å². The lowest BCUT2D eigenvalue weighted by Gasteiger charge is -2.20. The zero-order chi connectivity index (χ0) is 28.6. The van der Waals surface area contributed by atoms with Gasteiger partial charge in [-0.05, 0) is 61.5 Å². The van der Waals surface area contributed by atoms with Gasteiger partial charge in [-0.1, -0.05) is 6.07 Å². The SMILES string of the molecule is CCOC(=O)/N=C(\N)c1ccc(NCc2nc3cc(C(=O)N(CC(=O)OC)c4ccccn4)ccc3n2C)cc1. The third-order valence-corrected chi connectivity index (χ3v) is 6.02. The molecule has 0 aliphatic heterocycles. The molecule has 12 nitrogen and oxygen atoms in total. The van der Waals surface area contributed by atoms with Gasteiger partial charge in [0.1, 0.15) is 24.0 Å². The summed E-state index contributed by atoms with van der Waals surface area (Å²) in [5, 5.41) is 3.30. The number of nitrogens with two attached hydrogens (primary N) is 1. The van der Waals surface area contributed by atoms with Crippen molar-refractivity contribution in [1.82, 2.24) is 14.5 Å². The molecular formula is C28H29N7O5. The number of pyridine rings is 1. The number of rotatable bonds is 9. The van der Waals surface area contributed by atoms with Crippen molar-refractivity contribution in [2.75, 3.05) is 30.5 Å². The molecule has 2 heterocycles. The molecule has 0 bridgehead atoms. The van der Waals surface area contributed by atoms with E-state index in [0.717, 1.165) is 17.0 Å². The number of esters is 1. The molecular weight excluding hydrogens is 514 g/mol. The Morgan fingerprint density at radius 1 is 1.07 bits per heavy atom. The number of amidine groups is 1. The highest BCUT2D eigenvalue weighted by molar-refractivity contribution is 6.09. The minimum Gasteiger partial charge on any atom is -0.468 e. The fourth-order valence-electron chi connectivity index (χ4n) is 3.92. The first-order chi connectivity index (χ1) is 19.3. The maximum absolute atomic E-state index is 13.4. The number of ether oxygens (including phenoxy) is 2. The number of aliphatic imine (C=N–C) groups is 1. The summed E-state index contributed by atoms with van der Waals surface area (Å²) in [6.07, 6.45) is 0.815. The predicted octanol–water partition coefficient (Wildman–Crippen LogP) is 3.26. The molecule has 206 valence electrons. The van der Waals surface area contributed by atoms with Crippen LogP contribution in [0.4, 0.5) is 16.3 Å². The van der Waals surface area contributed by atoms with Gasteiger partial charge in [-0.3, -0.25) is 14.5 Å². The van der Waals surface area contributed by atoms with Gasteiger partial charge < -0.3 is 25.1 Å². The van der Waals surface area contributed by atoms with Crippen LogP contribution < -0.4 is 16.0 Å². The number of benzene rings is 2. The standard InChI is InChI=1S/C28H29N7O5/c1-4-40-28(38)33-26(29)18-8-11-20(12-9-18)31-16-24-32-21-15-19(10-13-22(21)34(24)2)27(37)35(17-25(36)39-3)23-7-5-6-14-30-23/h5-15,31H,4,16-17H2,1-3H3,(H2,29,33,38). The maximum atomic E-state index is 13.4. The molecule has 0 atom stereocenters. The van der Waals surface area contributed by atoms with E-state index >= 15 is 0 Å². The van der Waals surface area contributed by atoms with Crippen LogP contribution >= 0.6 is 0 Å². The lowest BCUT2D eigenvalue weighted by molar-refractivity contribution is -0.138. The third-order valence-electron chi connectivity index (χ3n) is 6.02. The van der Waals surface area contributed by atoms with Crippen LogP contribution in [0.15, 0.2) is 71.9 Å². The van der Waals surface area contributed by atoms with Gasteiger partial charge in [0, 0.05) is 30.1 Å². The fourth-order valence-corrected chi connectivity index (χ4v) is 3.92. The monoisotopic (exact) mass is 543 g/mol. The van der Waals surface area contributed by atoms with Crippen LogP contribution in [-0.2, 0) is 27.9 Å². The van der Waals surface area contributed by atoms with Gasteiger partial charge in [-0.25, -0.2) is 14.8 Å². The summed E-state index contributed by atoms with van der Waals surface area (Å²) in [6, 6.07) is 17.4. The van der Waals surface area contributed by atoms with E-state index in [0.29, 0.717) is 29.0 Å². The summed E-state index contributed by atoms with van der Waals surface area (Å²) in [5.74, 6) is 0.182. The second-order valence-corrected chi connectivity index (χ2v) is 8.57. The zero-order valence-corrected chi connectivity index (χ0v) is 22.3. The molecule has 0 aliphatic carbocycles. The Morgan fingerprint density at radius 2 is 1.82 bits per heavy atom. The number of imidazole rings is 1. The fraction of sp³-hybridized carbons (Fsp3) is 0.214. The molecule has 0 unspecified atom stereocenters. The van der Waals surface area contributed by atoms with Gasteiger partial charge in [0.2, 0.25) is 0 Å². The number of nitrogens with one attached hydrogen (secondary N) is 1. The molecule has 4 aromatic rings. The van der Waals surface area contributed by atoms with Crippen molar-refractivity contribution < 1.29 is 23.9 Å². The molecule has 2 amide bonds. The van der Waals surface area contributed by atoms with Gasteiger partial charge in [-0.15, -0.1) is 0 Å². The summed E-state index contributed by atoms with van der Waals surface area (Å²) >= 11 is 0. The number of anilines is 2. The van der Waals surface area contributed by atoms with Crippen LogP contribution in [0.25, 0.3) is 11.0 Å². The summed E-state index contributed by atoms with van der Waals surface area (Å²) in [7, 11) is 3.16. The van der Waals surface area contributed by atoms with E-state index in [4.69, 9.17) is 20.2 Å². The number of carbonyl (C=O) groups excluding carboxylic acids is 3. The number of nitrogens with zero attached hydrogens (tertiary/aromatic N) is 5. The largest absolute Gasteiger partial charge is 0.468 e. The summed E-state index contributed by atoms with van der Waals surface area (Å²) < 4.78 is 11.5. The van der Waals surface area contributed by atoms with Gasteiger partial charge >= 0.3 is 12.1 Å². The molecule has 0 saturated carbocycles. The van der Waals surface area contributed by atoms with Crippen LogP contribution in [-0.4, -0.2) is 58.6 Å². The molecule has 3 N–H and O–H groups in total. The molecule has 12 heteroatoms. The first kappa shape index (κ1) is 27.8. The van der Waals surface area contributed by atoms with Crippen molar-refractivity contribution >= 4 is 46.3 Å². The first-order valence-electron chi connectivity index (χ1n) is 12.4. The predicted molar refractivity (Wildman–Crippen MR) is 150 cm³/mol. The normalized spacial score (nSPS) is 11.2. The average Bonchev–Trinajstić information content (AvgIpc) is 3.29. The van der Waals surface area contributed by atoms with E-state index in [9.17, 15) is 14.4 Å². The van der Waals surface area contributed by atoms with Crippen molar-refractivity contribution in [1.29, 1.82) is 0 Å². The number of carbonyl (C=O) groups is 3. The second-order valence-electron chi connectivity index (χ2n) is 8.57. The Bertz CT molecular complexity index is 1550. The number of fused-ring (bicyclic) bond motifs is 1. The van der Waals surface area contributed by atoms with Gasteiger partial charge in [-0.2, -0.15) is 4.99 Å². The zero-order valence-electron chi connectivity index (χ0n) is 22.3. The number of amides is 2. The highest BCUT2D eigenvalue weighted by Crippen LogP contribution is 2.21. The molecule has 2 aromatic heterocycles. The first-order valence-corrected chi connectivity index (χ1v) is 12.4. The van der Waals surface area contributed by atoms with Crippen LogP contribution in [0.2, 0.25) is 0 Å². The van der Waals surface area contributed by atoms with Crippen molar-refractivity contribution in [3.05, 3.63) is 83.8 Å². The van der Waals surface area contributed by atoms with Gasteiger partial charge in [0.05, 0.1) is 31.3 Å². The summed E-state index contributed by atoms with van der Waals surface area (Å²) in [5.41, 5.74) is 9.10. The number of aromatic nitrogens is 3. The van der Waals surface area contributed by atoms with Crippen LogP contribution in [0, 0.1) is 0 Å². The number of hydrogen-bond acceptors (Lipinski definition) is 8. The number of aryl methyl sites for hydroxylation is 1. The van der Waals surface area contributed by atoms with Crippen LogP contribution in [0.1, 0.15) is 28.7 Å². The molecule has 0 saturated heterocycles. The lowest BCUT2D eigenvalue weighted by atomic mass is 10.1. The van der Waals surface area contributed by atoms with Gasteiger partial charge in [0.15, 0.2) is 0 Å². The van der Waals surface area contributed by atoms with E-state index in [1.165, 1.54) is 12.0 Å². The molecule has 0 radical (unpaired) electrons. The summed E-state index contributed by atoms with van der Waals surface area (Å²) in [6.45, 7) is 2.04. The summed E-state index contributed by atoms with van der Waals surface area (Å²) in [4.78, 5) is 50.8. The average molecular weight is 544 g/mol. The van der Waals surface area contributed by atoms with Gasteiger partial charge in [0.25, 0.3) is 5.91 Å². The highest BCUT2D eigenvalue weighted by Gasteiger charge is 2.23. The number of hydrogen-bond donors (Lipinski definition) is 2. The number of methoxy groups -OCH3 is 1. The van der Waals surface area contributed by atoms with E-state index in [1.54, 1.807) is 55.6 Å². The highest BCUT2D eigenvalue weighted by atomic mass is 16.5. The third kappa shape index (κ3) is 6.41. The smallest absolute Gasteiger partial charge is 0.435 e. The molecule has 0 spiro atoms. The van der Waals surface area contributed by atoms with E-state index in [1.807, 2.05) is 29.8 Å². The quantitative estimate of drug-likeness (QED) is 0.184. The Balaban J connectivity index is 1.50. The molecule has 2 aromatic carbocycles. The van der Waals surface area contributed by atoms with Crippen molar-refractivity contribution in [2.24, 2.45) is 17.8 Å². The minimum absolute atomic E-state index is 0.0684. The Labute approximate surface area is 230 Å². The lowest BCUT2D eigenvalue weighted by Crippen LogP contribution is -2.36. The molecule has 0 aliphatic rings. The minimum atomic E-state index is -0.734. The Morgan fingerprint density at radius 3 is 2.50 bits per heavy atom. The van der Waals surface area contributed by atoms with E-state index in [2.05, 4.69) is 15.3 Å². The van der Waals surface area contributed by atoms with Crippen molar-refractivity contribution in [2.45, 2.75) is 13.5 Å². The molecule has 0 fully saturated rings. The second kappa shape index (κ2) is 12.5. The Kier molecular flexibility index (Phi) is 8.69. The molecule has 4 rings (SSSR count). The van der Waals surface area contributed by atoms with Crippen LogP contribution in [0.5, 0.6) is 0 Å². The maximum Gasteiger partial charge on any atom is 0.435 e. The van der Waals surface area contributed by atoms with Crippen LogP contribution in [0.3, 0.4) is 0 Å². The van der Waals surface area contributed by atoms with E-state index < -0.39 is 18.0 Å². The Hall–Kier alpha value is -5.26. The van der Waals surface area contributed by atoms with Crippen molar-refractivity contribution in [3.8, 4) is 0 Å². The molecule has 40 heavy (non-hydrogen) atoms. The van der Waals surface area contributed by atoms with E-state index in [-0.39, 0.29) is 19.0 Å².